The van der Waals surface area contributed by atoms with Crippen LogP contribution in [-0.2, 0) is 28.2 Å². The van der Waals surface area contributed by atoms with E-state index < -0.39 is 33.9 Å². The Labute approximate surface area is 168 Å². The van der Waals surface area contributed by atoms with E-state index >= 15 is 0 Å². The average molecular weight is 469 g/mol. The summed E-state index contributed by atoms with van der Waals surface area (Å²) in [5, 5.41) is 0.569. The standard InChI is InChI=1S/C18H30O6P2S2/c1-25(2,3,4)23-27(19,20)17-13-9-12-16-15(17)11-10-14-18(16)28(21,22)24-26(5,6,7)8/h9-14H,1-8H3. The molecule has 2 aromatic rings. The van der Waals surface area contributed by atoms with Gasteiger partial charge in [0.1, 0.15) is 0 Å². The van der Waals surface area contributed by atoms with Crippen LogP contribution in [0.15, 0.2) is 46.2 Å². The van der Waals surface area contributed by atoms with Crippen LogP contribution >= 0.6 is 13.7 Å². The summed E-state index contributed by atoms with van der Waals surface area (Å²) in [6.45, 7) is 8.57. The van der Waals surface area contributed by atoms with Crippen LogP contribution in [0.4, 0.5) is 0 Å². The Morgan fingerprint density at radius 2 is 0.857 bits per heavy atom. The van der Waals surface area contributed by atoms with E-state index in [2.05, 4.69) is 0 Å². The molecule has 2 aromatic carbocycles. The van der Waals surface area contributed by atoms with Crippen molar-refractivity contribution in [1.82, 2.24) is 0 Å². The van der Waals surface area contributed by atoms with Gasteiger partial charge in [-0.2, -0.15) is 0 Å². The molecule has 0 atom stereocenters. The van der Waals surface area contributed by atoms with Crippen molar-refractivity contribution in [2.45, 2.75) is 9.79 Å². The predicted octanol–water partition coefficient (Wildman–Crippen LogP) is 4.23. The molecule has 0 spiro atoms. The van der Waals surface area contributed by atoms with Crippen LogP contribution in [-0.4, -0.2) is 70.2 Å². The summed E-state index contributed by atoms with van der Waals surface area (Å²) in [7, 11) is -8.16. The molecule has 0 bridgehead atoms. The van der Waals surface area contributed by atoms with E-state index in [9.17, 15) is 16.8 Å². The third kappa shape index (κ3) is 6.19. The normalized spacial score (nSPS) is 16.9. The second-order valence-corrected chi connectivity index (χ2v) is 28.0. The van der Waals surface area contributed by atoms with Gasteiger partial charge in [0.15, 0.2) is 0 Å². The molecule has 0 aliphatic heterocycles. The molecular weight excluding hydrogens is 438 g/mol. The van der Waals surface area contributed by atoms with Crippen molar-refractivity contribution < 1.29 is 24.8 Å². The molecule has 28 heavy (non-hydrogen) atoms. The summed E-state index contributed by atoms with van der Waals surface area (Å²) >= 11 is 0. The van der Waals surface area contributed by atoms with Crippen LogP contribution in [0, 0.1) is 0 Å². The van der Waals surface area contributed by atoms with Gasteiger partial charge in [-0.25, -0.2) is 0 Å². The summed E-state index contributed by atoms with van der Waals surface area (Å²) in [5.41, 5.74) is 0. The minimum atomic E-state index is -4.08. The van der Waals surface area contributed by atoms with Crippen LogP contribution in [0.3, 0.4) is 0 Å². The number of rotatable bonds is 6. The summed E-state index contributed by atoms with van der Waals surface area (Å²) in [4.78, 5) is -0.108. The topological polar surface area (TPSA) is 86.7 Å². The quantitative estimate of drug-likeness (QED) is 0.590. The number of hydrogen-bond acceptors (Lipinski definition) is 6. The van der Waals surface area contributed by atoms with E-state index in [1.165, 1.54) is 24.3 Å². The maximum absolute atomic E-state index is 12.9. The van der Waals surface area contributed by atoms with E-state index in [-0.39, 0.29) is 20.6 Å². The predicted molar refractivity (Wildman–Crippen MR) is 122 cm³/mol. The summed E-state index contributed by atoms with van der Waals surface area (Å²) in [6, 6.07) is 9.03. The molecule has 0 aromatic heterocycles. The van der Waals surface area contributed by atoms with E-state index in [0.717, 1.165) is 0 Å². The van der Waals surface area contributed by atoms with Crippen LogP contribution in [0.25, 0.3) is 10.8 Å². The van der Waals surface area contributed by atoms with E-state index in [1.807, 2.05) is 0 Å². The van der Waals surface area contributed by atoms with Crippen molar-refractivity contribution >= 4 is 44.7 Å². The molecule has 0 aliphatic carbocycles. The molecule has 6 nitrogen and oxygen atoms in total. The van der Waals surface area contributed by atoms with Gasteiger partial charge in [-0.15, -0.1) is 0 Å². The zero-order chi connectivity index (χ0) is 21.9. The molecule has 0 N–H and O–H groups in total. The van der Waals surface area contributed by atoms with Gasteiger partial charge in [-0.05, 0) is 0 Å². The zero-order valence-electron chi connectivity index (χ0n) is 17.6. The number of hydrogen-bond donors (Lipinski definition) is 0. The molecule has 0 saturated carbocycles. The molecule has 0 fully saturated rings. The first-order valence-electron chi connectivity index (χ1n) is 8.59. The van der Waals surface area contributed by atoms with Crippen molar-refractivity contribution in [3.63, 3.8) is 0 Å². The molecule has 0 heterocycles. The van der Waals surface area contributed by atoms with Crippen LogP contribution in [0.5, 0.6) is 0 Å². The van der Waals surface area contributed by atoms with E-state index in [0.29, 0.717) is 0 Å². The third-order valence-electron chi connectivity index (χ3n) is 3.17. The Morgan fingerprint density at radius 1 is 0.571 bits per heavy atom. The first-order valence-corrected chi connectivity index (χ1v) is 19.3. The fourth-order valence-corrected chi connectivity index (χ4v) is 10.9. The fourth-order valence-electron chi connectivity index (χ4n) is 2.55. The van der Waals surface area contributed by atoms with Crippen LogP contribution < -0.4 is 0 Å². The molecule has 10 heteroatoms. The molecule has 0 unspecified atom stereocenters. The summed E-state index contributed by atoms with van der Waals surface area (Å²) < 4.78 is 62.9. The van der Waals surface area contributed by atoms with Gasteiger partial charge in [-0.3, -0.25) is 0 Å². The Kier molecular flexibility index (Phi) is 5.44. The second-order valence-electron chi connectivity index (χ2n) is 10.5. The molecule has 2 rings (SSSR count). The third-order valence-corrected chi connectivity index (χ3v) is 11.3. The Hall–Kier alpha value is -0.620. The minimum absolute atomic E-state index is 0.0538. The van der Waals surface area contributed by atoms with Gasteiger partial charge in [0.2, 0.25) is 0 Å². The van der Waals surface area contributed by atoms with Gasteiger partial charge in [0, 0.05) is 0 Å². The zero-order valence-corrected chi connectivity index (χ0v) is 21.0. The molecular formula is C18H30O6P2S2. The SMILES string of the molecule is CP(C)(C)(C)OS(=O)(=O)c1cccc2c(S(=O)(=O)OP(C)(C)(C)C)cccc12. The van der Waals surface area contributed by atoms with Crippen LogP contribution in [0.1, 0.15) is 0 Å². The molecule has 0 aliphatic rings. The van der Waals surface area contributed by atoms with Gasteiger partial charge in [-0.1, -0.05) is 0 Å². The first kappa shape index (κ1) is 23.7. The Balaban J connectivity index is 2.74. The van der Waals surface area contributed by atoms with Gasteiger partial charge >= 0.3 is 169 Å². The van der Waals surface area contributed by atoms with E-state index in [1.54, 1.807) is 65.5 Å². The van der Waals surface area contributed by atoms with Crippen molar-refractivity contribution in [2.75, 3.05) is 53.3 Å². The molecule has 0 amide bonds. The van der Waals surface area contributed by atoms with Gasteiger partial charge in [0.05, 0.1) is 0 Å². The number of fused-ring (bicyclic) bond motifs is 1. The average Bonchev–Trinajstić information content (AvgIpc) is 2.38. The number of benzene rings is 2. The first-order chi connectivity index (χ1) is 12.1. The maximum atomic E-state index is 12.9. The van der Waals surface area contributed by atoms with Gasteiger partial charge in [0.25, 0.3) is 0 Å². The monoisotopic (exact) mass is 468 g/mol. The molecule has 0 saturated heterocycles. The van der Waals surface area contributed by atoms with Gasteiger partial charge < -0.3 is 0 Å². The fraction of sp³-hybridized carbons (Fsp3) is 0.444. The van der Waals surface area contributed by atoms with Crippen LogP contribution in [0.2, 0.25) is 0 Å². The summed E-state index contributed by atoms with van der Waals surface area (Å²) in [6.07, 6.45) is 0. The van der Waals surface area contributed by atoms with Crippen molar-refractivity contribution in [3.8, 4) is 0 Å². The summed E-state index contributed by atoms with van der Waals surface area (Å²) in [5.74, 6) is 0. The van der Waals surface area contributed by atoms with Crippen molar-refractivity contribution in [3.05, 3.63) is 36.4 Å². The van der Waals surface area contributed by atoms with E-state index in [4.69, 9.17) is 7.94 Å². The Morgan fingerprint density at radius 3 is 1.11 bits per heavy atom. The molecule has 0 radical (unpaired) electrons. The Bertz CT molecular complexity index is 1040. The van der Waals surface area contributed by atoms with Crippen molar-refractivity contribution in [2.24, 2.45) is 0 Å². The molecule has 160 valence electrons. The second kappa shape index (κ2) is 6.44. The van der Waals surface area contributed by atoms with Crippen molar-refractivity contribution in [1.29, 1.82) is 0 Å².